The van der Waals surface area contributed by atoms with Gasteiger partial charge < -0.3 is 9.88 Å². The predicted molar refractivity (Wildman–Crippen MR) is 95.9 cm³/mol. The first kappa shape index (κ1) is 15.6. The molecule has 126 valence electrons. The number of aryl methyl sites for hydroxylation is 1. The molecular weight excluding hydrogens is 320 g/mol. The van der Waals surface area contributed by atoms with Gasteiger partial charge in [0.15, 0.2) is 0 Å². The summed E-state index contributed by atoms with van der Waals surface area (Å²) in [5.74, 6) is 0.589. The van der Waals surface area contributed by atoms with E-state index in [0.717, 1.165) is 49.9 Å². The minimum absolute atomic E-state index is 0.0455. The summed E-state index contributed by atoms with van der Waals surface area (Å²) in [6, 6.07) is 3.68. The molecule has 1 N–H and O–H groups in total. The van der Waals surface area contributed by atoms with E-state index in [1.165, 1.54) is 23.3 Å². The van der Waals surface area contributed by atoms with Crippen molar-refractivity contribution in [3.63, 3.8) is 0 Å². The molecule has 1 aliphatic heterocycles. The molecule has 2 aliphatic rings. The normalized spacial score (nSPS) is 18.4. The summed E-state index contributed by atoms with van der Waals surface area (Å²) in [5.41, 5.74) is 3.31. The number of piperidine rings is 1. The Morgan fingerprint density at radius 1 is 1.21 bits per heavy atom. The number of nitrogens with zero attached hydrogens (tertiary/aromatic N) is 1. The van der Waals surface area contributed by atoms with E-state index in [4.69, 9.17) is 0 Å². The second-order valence-corrected chi connectivity index (χ2v) is 7.78. The van der Waals surface area contributed by atoms with Crippen molar-refractivity contribution in [2.45, 2.75) is 44.4 Å². The molecule has 1 aliphatic carbocycles. The molecule has 0 atom stereocenters. The molecule has 1 saturated heterocycles. The summed E-state index contributed by atoms with van der Waals surface area (Å²) < 4.78 is 0. The van der Waals surface area contributed by atoms with Crippen LogP contribution in [0, 0.1) is 0 Å². The van der Waals surface area contributed by atoms with Gasteiger partial charge in [-0.1, -0.05) is 0 Å². The summed E-state index contributed by atoms with van der Waals surface area (Å²) in [6.07, 6.45) is 8.23. The highest BCUT2D eigenvalue weighted by molar-refractivity contribution is 7.10. The first-order chi connectivity index (χ1) is 11.7. The number of nitrogens with one attached hydrogen (secondary N) is 1. The first-order valence-corrected chi connectivity index (χ1v) is 9.67. The maximum atomic E-state index is 12.9. The van der Waals surface area contributed by atoms with Gasteiger partial charge in [0.2, 0.25) is 5.56 Å². The highest BCUT2D eigenvalue weighted by atomic mass is 32.1. The summed E-state index contributed by atoms with van der Waals surface area (Å²) in [6.45, 7) is 1.56. The van der Waals surface area contributed by atoms with Gasteiger partial charge in [-0.3, -0.25) is 9.59 Å². The van der Waals surface area contributed by atoms with Gasteiger partial charge in [0.05, 0.1) is 5.56 Å². The Morgan fingerprint density at radius 3 is 2.79 bits per heavy atom. The van der Waals surface area contributed by atoms with Crippen LogP contribution in [0.3, 0.4) is 0 Å². The van der Waals surface area contributed by atoms with Crippen LogP contribution in [0.15, 0.2) is 28.5 Å². The Labute approximate surface area is 145 Å². The highest BCUT2D eigenvalue weighted by Crippen LogP contribution is 2.33. The van der Waals surface area contributed by atoms with Crippen LogP contribution < -0.4 is 5.56 Å². The van der Waals surface area contributed by atoms with E-state index in [1.54, 1.807) is 23.6 Å². The quantitative estimate of drug-likeness (QED) is 0.910. The number of aromatic amines is 1. The zero-order chi connectivity index (χ0) is 16.5. The molecule has 0 bridgehead atoms. The van der Waals surface area contributed by atoms with Crippen LogP contribution >= 0.6 is 11.3 Å². The van der Waals surface area contributed by atoms with E-state index < -0.39 is 0 Å². The van der Waals surface area contributed by atoms with Crippen molar-refractivity contribution in [1.82, 2.24) is 9.88 Å². The van der Waals surface area contributed by atoms with E-state index in [9.17, 15) is 9.59 Å². The Hall–Kier alpha value is -1.88. The molecule has 1 fully saturated rings. The lowest BCUT2D eigenvalue weighted by atomic mass is 9.89. The number of rotatable bonds is 2. The van der Waals surface area contributed by atoms with Crippen molar-refractivity contribution in [1.29, 1.82) is 0 Å². The van der Waals surface area contributed by atoms with Gasteiger partial charge >= 0.3 is 0 Å². The first-order valence-electron chi connectivity index (χ1n) is 8.79. The molecular formula is C19H22N2O2S. The van der Waals surface area contributed by atoms with Gasteiger partial charge in [-0.2, -0.15) is 0 Å². The number of carbonyl (C=O) groups excluding carboxylic acids is 1. The monoisotopic (exact) mass is 342 g/mol. The van der Waals surface area contributed by atoms with Crippen molar-refractivity contribution >= 4 is 17.2 Å². The molecule has 0 radical (unpaired) electrons. The van der Waals surface area contributed by atoms with Crippen LogP contribution in [-0.2, 0) is 12.8 Å². The number of carbonyl (C=O) groups is 1. The van der Waals surface area contributed by atoms with Crippen LogP contribution in [0.5, 0.6) is 0 Å². The smallest absolute Gasteiger partial charge is 0.254 e. The third-order valence-corrected chi connectivity index (χ3v) is 6.43. The van der Waals surface area contributed by atoms with Crippen LogP contribution in [0.2, 0.25) is 0 Å². The largest absolute Gasteiger partial charge is 0.339 e. The number of hydrogen-bond acceptors (Lipinski definition) is 3. The SMILES string of the molecule is O=C(c1csc2c1CCCC2)N1CCC(c2cc[nH]c(=O)c2)CC1. The van der Waals surface area contributed by atoms with Crippen molar-refractivity contribution in [2.24, 2.45) is 0 Å². The summed E-state index contributed by atoms with van der Waals surface area (Å²) in [4.78, 5) is 30.5. The zero-order valence-corrected chi connectivity index (χ0v) is 14.5. The number of aromatic nitrogens is 1. The fourth-order valence-electron chi connectivity index (χ4n) is 3.97. The molecule has 3 heterocycles. The van der Waals surface area contributed by atoms with E-state index in [1.807, 2.05) is 11.0 Å². The highest BCUT2D eigenvalue weighted by Gasteiger charge is 2.28. The molecule has 1 amide bonds. The number of likely N-dealkylation sites (tertiary alicyclic amines) is 1. The third-order valence-electron chi connectivity index (χ3n) is 5.34. The maximum absolute atomic E-state index is 12.9. The molecule has 0 saturated carbocycles. The average Bonchev–Trinajstić information content (AvgIpc) is 3.05. The number of hydrogen-bond donors (Lipinski definition) is 1. The van der Waals surface area contributed by atoms with Gasteiger partial charge in [-0.25, -0.2) is 0 Å². The topological polar surface area (TPSA) is 53.2 Å². The molecule has 4 nitrogen and oxygen atoms in total. The summed E-state index contributed by atoms with van der Waals surface area (Å²) >= 11 is 1.76. The predicted octanol–water partition coefficient (Wildman–Crippen LogP) is 3.34. The van der Waals surface area contributed by atoms with Crippen LogP contribution in [0.1, 0.15) is 58.0 Å². The average molecular weight is 342 g/mol. The molecule has 0 spiro atoms. The minimum Gasteiger partial charge on any atom is -0.339 e. The Morgan fingerprint density at radius 2 is 2.00 bits per heavy atom. The number of amides is 1. The van der Waals surface area contributed by atoms with E-state index in [0.29, 0.717) is 5.92 Å². The van der Waals surface area contributed by atoms with Gasteiger partial charge in [0.1, 0.15) is 0 Å². The summed E-state index contributed by atoms with van der Waals surface area (Å²) in [5, 5.41) is 2.07. The van der Waals surface area contributed by atoms with Crippen molar-refractivity contribution in [3.05, 3.63) is 55.6 Å². The minimum atomic E-state index is -0.0455. The van der Waals surface area contributed by atoms with Crippen molar-refractivity contribution < 1.29 is 4.79 Å². The molecule has 0 aromatic carbocycles. The fraction of sp³-hybridized carbons (Fsp3) is 0.474. The van der Waals surface area contributed by atoms with Crippen LogP contribution in [0.4, 0.5) is 0 Å². The van der Waals surface area contributed by atoms with Gasteiger partial charge in [0.25, 0.3) is 5.91 Å². The Bertz CT molecular complexity index is 800. The maximum Gasteiger partial charge on any atom is 0.254 e. The van der Waals surface area contributed by atoms with Crippen molar-refractivity contribution in [3.8, 4) is 0 Å². The second-order valence-electron chi connectivity index (χ2n) is 6.81. The third kappa shape index (κ3) is 2.93. The number of pyridine rings is 1. The summed E-state index contributed by atoms with van der Waals surface area (Å²) in [7, 11) is 0. The second kappa shape index (κ2) is 6.55. The molecule has 2 aromatic heterocycles. The zero-order valence-electron chi connectivity index (χ0n) is 13.7. The number of fused-ring (bicyclic) bond motifs is 1. The lowest BCUT2D eigenvalue weighted by Gasteiger charge is -2.32. The standard InChI is InChI=1S/C19H22N2O2S/c22-18-11-14(5-8-20-18)13-6-9-21(10-7-13)19(23)16-12-24-17-4-2-1-3-15(16)17/h5,8,11-13H,1-4,6-7,9-10H2,(H,20,22). The number of H-pyrrole nitrogens is 1. The van der Waals surface area contributed by atoms with Crippen LogP contribution in [0.25, 0.3) is 0 Å². The van der Waals surface area contributed by atoms with Crippen molar-refractivity contribution in [2.75, 3.05) is 13.1 Å². The van der Waals surface area contributed by atoms with Gasteiger partial charge in [-0.05, 0) is 61.6 Å². The van der Waals surface area contributed by atoms with E-state index in [-0.39, 0.29) is 11.5 Å². The molecule has 0 unspecified atom stereocenters. The lowest BCUT2D eigenvalue weighted by molar-refractivity contribution is 0.0712. The molecule has 5 heteroatoms. The van der Waals surface area contributed by atoms with E-state index >= 15 is 0 Å². The number of thiophene rings is 1. The van der Waals surface area contributed by atoms with Gasteiger partial charge in [0, 0.05) is 35.6 Å². The lowest BCUT2D eigenvalue weighted by Crippen LogP contribution is -2.38. The van der Waals surface area contributed by atoms with Crippen LogP contribution in [-0.4, -0.2) is 28.9 Å². The molecule has 2 aromatic rings. The Balaban J connectivity index is 1.45. The van der Waals surface area contributed by atoms with E-state index in [2.05, 4.69) is 10.4 Å². The molecule has 24 heavy (non-hydrogen) atoms. The molecule has 4 rings (SSSR count). The van der Waals surface area contributed by atoms with Gasteiger partial charge in [-0.15, -0.1) is 11.3 Å². The Kier molecular flexibility index (Phi) is 4.27. The fourth-order valence-corrected chi connectivity index (χ4v) is 5.09.